The van der Waals surface area contributed by atoms with Crippen LogP contribution >= 0.6 is 0 Å². The van der Waals surface area contributed by atoms with E-state index >= 15 is 4.39 Å². The Balaban J connectivity index is 1.46. The van der Waals surface area contributed by atoms with Crippen LogP contribution in [-0.4, -0.2) is 74.8 Å². The van der Waals surface area contributed by atoms with Gasteiger partial charge in [-0.2, -0.15) is 4.98 Å². The zero-order valence-corrected chi connectivity index (χ0v) is 22.5. The van der Waals surface area contributed by atoms with E-state index in [1.165, 1.54) is 0 Å². The molecule has 200 valence electrons. The number of nitrogens with zero attached hydrogens (tertiary/aromatic N) is 5. The molecule has 5 rings (SSSR count). The van der Waals surface area contributed by atoms with Crippen LogP contribution in [0.4, 0.5) is 10.3 Å². The van der Waals surface area contributed by atoms with Gasteiger partial charge in [0.1, 0.15) is 11.5 Å². The van der Waals surface area contributed by atoms with E-state index in [1.807, 2.05) is 18.3 Å². The van der Waals surface area contributed by atoms with Gasteiger partial charge >= 0.3 is 0 Å². The molecule has 2 aliphatic rings. The summed E-state index contributed by atoms with van der Waals surface area (Å²) in [5.41, 5.74) is 3.42. The van der Waals surface area contributed by atoms with Gasteiger partial charge in [0.05, 0.1) is 6.10 Å². The zero-order valence-electron chi connectivity index (χ0n) is 22.5. The maximum atomic E-state index is 15.3. The van der Waals surface area contributed by atoms with Crippen LogP contribution in [-0.2, 0) is 6.54 Å². The summed E-state index contributed by atoms with van der Waals surface area (Å²) in [6.45, 7) is 8.93. The Morgan fingerprint density at radius 1 is 1.14 bits per heavy atom. The lowest BCUT2D eigenvalue weighted by molar-refractivity contribution is 0.111. The molecule has 3 heterocycles. The molecule has 1 aliphatic carbocycles. The number of fused-ring (bicyclic) bond motifs is 1. The highest BCUT2D eigenvalue weighted by Crippen LogP contribution is 2.37. The second kappa shape index (κ2) is 11.5. The highest BCUT2D eigenvalue weighted by atomic mass is 19.1. The summed E-state index contributed by atoms with van der Waals surface area (Å²) < 4.78 is 17.6. The van der Waals surface area contributed by atoms with E-state index in [4.69, 9.17) is 4.98 Å². The molecule has 1 unspecified atom stereocenters. The predicted molar refractivity (Wildman–Crippen MR) is 147 cm³/mol. The van der Waals surface area contributed by atoms with Crippen LogP contribution in [0.2, 0.25) is 0 Å². The molecule has 0 radical (unpaired) electrons. The molecule has 3 aromatic rings. The lowest BCUT2D eigenvalue weighted by Crippen LogP contribution is -2.44. The van der Waals surface area contributed by atoms with Crippen LogP contribution in [0.3, 0.4) is 0 Å². The smallest absolute Gasteiger partial charge is 0.224 e. The van der Waals surface area contributed by atoms with Crippen LogP contribution < -0.4 is 5.32 Å². The summed E-state index contributed by atoms with van der Waals surface area (Å²) >= 11 is 0. The number of aromatic nitrogens is 3. The lowest BCUT2D eigenvalue weighted by Gasteiger charge is -2.32. The monoisotopic (exact) mass is 508 g/mol. The van der Waals surface area contributed by atoms with Crippen molar-refractivity contribution in [1.29, 1.82) is 0 Å². The SMILES string of the molecule is CCCC(C)Nc1ncc2c(-c3ccc(CN4CCN(C)CC4)c(F)c3)cn(C3CCC(O)CC3)c2n1. The van der Waals surface area contributed by atoms with E-state index in [2.05, 4.69) is 51.8 Å². The highest BCUT2D eigenvalue weighted by Gasteiger charge is 2.25. The van der Waals surface area contributed by atoms with Gasteiger partial charge in [-0.15, -0.1) is 0 Å². The van der Waals surface area contributed by atoms with E-state index in [1.54, 1.807) is 6.07 Å². The van der Waals surface area contributed by atoms with E-state index in [-0.39, 0.29) is 24.0 Å². The first-order chi connectivity index (χ1) is 17.9. The van der Waals surface area contributed by atoms with Crippen molar-refractivity contribution in [3.05, 3.63) is 42.0 Å². The van der Waals surface area contributed by atoms with E-state index in [0.29, 0.717) is 12.5 Å². The molecule has 7 nitrogen and oxygen atoms in total. The van der Waals surface area contributed by atoms with E-state index in [9.17, 15) is 5.11 Å². The fraction of sp³-hybridized carbons (Fsp3) is 0.586. The Hall–Kier alpha value is -2.55. The first kappa shape index (κ1) is 26.1. The number of likely N-dealkylation sites (N-methyl/N-ethyl adjacent to an activating group) is 1. The third kappa shape index (κ3) is 5.97. The largest absolute Gasteiger partial charge is 0.393 e. The zero-order chi connectivity index (χ0) is 25.9. The number of anilines is 1. The van der Waals surface area contributed by atoms with Gasteiger partial charge in [-0.3, -0.25) is 4.90 Å². The highest BCUT2D eigenvalue weighted by molar-refractivity contribution is 5.94. The van der Waals surface area contributed by atoms with Gasteiger partial charge in [0.15, 0.2) is 0 Å². The molecule has 1 aromatic carbocycles. The lowest BCUT2D eigenvalue weighted by atomic mass is 9.93. The van der Waals surface area contributed by atoms with Crippen LogP contribution in [0.1, 0.15) is 64.0 Å². The van der Waals surface area contributed by atoms with Crippen LogP contribution in [0, 0.1) is 5.82 Å². The number of hydrogen-bond acceptors (Lipinski definition) is 6. The Morgan fingerprint density at radius 3 is 2.59 bits per heavy atom. The quantitative estimate of drug-likeness (QED) is 0.443. The van der Waals surface area contributed by atoms with Gasteiger partial charge in [-0.1, -0.05) is 25.5 Å². The average molecular weight is 509 g/mol. The number of halogens is 1. The molecule has 2 fully saturated rings. The number of nitrogens with one attached hydrogen (secondary N) is 1. The molecule has 2 aromatic heterocycles. The molecule has 1 saturated carbocycles. The van der Waals surface area contributed by atoms with Crippen LogP contribution in [0.15, 0.2) is 30.6 Å². The van der Waals surface area contributed by atoms with Crippen molar-refractivity contribution in [2.45, 2.75) is 77.1 Å². The van der Waals surface area contributed by atoms with Gasteiger partial charge in [-0.25, -0.2) is 9.37 Å². The van der Waals surface area contributed by atoms with Gasteiger partial charge in [0.2, 0.25) is 5.95 Å². The number of rotatable bonds is 8. The Bertz CT molecular complexity index is 1200. The van der Waals surface area contributed by atoms with Gasteiger partial charge in [0.25, 0.3) is 0 Å². The number of benzene rings is 1. The topological polar surface area (TPSA) is 69.5 Å². The third-order valence-corrected chi connectivity index (χ3v) is 8.08. The Morgan fingerprint density at radius 2 is 1.89 bits per heavy atom. The minimum absolute atomic E-state index is 0.161. The summed E-state index contributed by atoms with van der Waals surface area (Å²) in [6, 6.07) is 6.19. The molecule has 0 amide bonds. The maximum Gasteiger partial charge on any atom is 0.224 e. The number of piperazine rings is 1. The molecule has 1 saturated heterocycles. The Kier molecular flexibility index (Phi) is 8.07. The van der Waals surface area contributed by atoms with Crippen molar-refractivity contribution < 1.29 is 9.50 Å². The number of aliphatic hydroxyl groups excluding tert-OH is 1. The summed E-state index contributed by atoms with van der Waals surface area (Å²) in [7, 11) is 2.13. The fourth-order valence-corrected chi connectivity index (χ4v) is 5.76. The second-order valence-corrected chi connectivity index (χ2v) is 11.1. The minimum atomic E-state index is -0.221. The standard InChI is InChI=1S/C29H41FN6O/c1-4-5-20(2)32-29-31-17-25-26(19-36(28(25)33-29)23-8-10-24(37)11-9-23)21-6-7-22(27(30)16-21)18-35-14-12-34(3)13-15-35/h6-7,16-17,19-20,23-24,37H,4-5,8-15,18H2,1-3H3,(H,31,32,33). The second-order valence-electron chi connectivity index (χ2n) is 11.1. The molecule has 1 atom stereocenters. The van der Waals surface area contributed by atoms with Crippen molar-refractivity contribution in [2.24, 2.45) is 0 Å². The minimum Gasteiger partial charge on any atom is -0.393 e. The first-order valence-electron chi connectivity index (χ1n) is 13.9. The van der Waals surface area contributed by atoms with Crippen molar-refractivity contribution in [3.8, 4) is 11.1 Å². The molecule has 0 bridgehead atoms. The Labute approximate surface area is 219 Å². The van der Waals surface area contributed by atoms with E-state index in [0.717, 1.165) is 92.4 Å². The van der Waals surface area contributed by atoms with Crippen molar-refractivity contribution in [2.75, 3.05) is 38.5 Å². The van der Waals surface area contributed by atoms with Crippen molar-refractivity contribution in [3.63, 3.8) is 0 Å². The number of aliphatic hydroxyl groups is 1. The molecule has 8 heteroatoms. The first-order valence-corrected chi connectivity index (χ1v) is 13.9. The molecular formula is C29H41FN6O. The van der Waals surface area contributed by atoms with Crippen LogP contribution in [0.25, 0.3) is 22.2 Å². The van der Waals surface area contributed by atoms with Gasteiger partial charge < -0.3 is 19.9 Å². The third-order valence-electron chi connectivity index (χ3n) is 8.08. The maximum absolute atomic E-state index is 15.3. The summed E-state index contributed by atoms with van der Waals surface area (Å²) in [5, 5.41) is 14.4. The number of hydrogen-bond donors (Lipinski definition) is 2. The predicted octanol–water partition coefficient (Wildman–Crippen LogP) is 5.06. The van der Waals surface area contributed by atoms with Gasteiger partial charge in [0, 0.05) is 73.7 Å². The summed E-state index contributed by atoms with van der Waals surface area (Å²) in [4.78, 5) is 14.2. The fourth-order valence-electron chi connectivity index (χ4n) is 5.76. The van der Waals surface area contributed by atoms with Crippen molar-refractivity contribution >= 4 is 17.0 Å². The summed E-state index contributed by atoms with van der Waals surface area (Å²) in [5.74, 6) is 0.467. The normalized spacial score (nSPS) is 22.4. The molecule has 0 spiro atoms. The van der Waals surface area contributed by atoms with Crippen molar-refractivity contribution in [1.82, 2.24) is 24.3 Å². The average Bonchev–Trinajstić information content (AvgIpc) is 3.26. The van der Waals surface area contributed by atoms with Gasteiger partial charge in [-0.05, 0) is 57.7 Å². The molecule has 2 N–H and O–H groups in total. The molecule has 37 heavy (non-hydrogen) atoms. The molecular weight excluding hydrogens is 467 g/mol. The van der Waals surface area contributed by atoms with E-state index < -0.39 is 0 Å². The van der Waals surface area contributed by atoms with Crippen LogP contribution in [0.5, 0.6) is 0 Å². The summed E-state index contributed by atoms with van der Waals surface area (Å²) in [6.07, 6.45) is 9.31. The molecule has 1 aliphatic heterocycles.